The lowest BCUT2D eigenvalue weighted by Crippen LogP contribution is -2.27. The van der Waals surface area contributed by atoms with Crippen LogP contribution < -0.4 is 10.2 Å². The van der Waals surface area contributed by atoms with E-state index in [9.17, 15) is 9.59 Å². The SMILES string of the molecule is CN(C(=O)c1ccc2c(c1)CCC(=O)N2)c1ccncc1. The number of hydrogen-bond donors (Lipinski definition) is 1. The molecule has 21 heavy (non-hydrogen) atoms. The third-order valence-corrected chi connectivity index (χ3v) is 3.60. The number of aromatic nitrogens is 1. The summed E-state index contributed by atoms with van der Waals surface area (Å²) in [5.41, 5.74) is 3.21. The van der Waals surface area contributed by atoms with Gasteiger partial charge in [-0.2, -0.15) is 0 Å². The van der Waals surface area contributed by atoms with Crippen LogP contribution in [0.1, 0.15) is 22.3 Å². The Balaban J connectivity index is 1.87. The van der Waals surface area contributed by atoms with Crippen molar-refractivity contribution in [2.24, 2.45) is 0 Å². The second-order valence-electron chi connectivity index (χ2n) is 4.99. The fourth-order valence-electron chi connectivity index (χ4n) is 2.39. The van der Waals surface area contributed by atoms with E-state index in [4.69, 9.17) is 0 Å². The summed E-state index contributed by atoms with van der Waals surface area (Å²) in [7, 11) is 1.74. The monoisotopic (exact) mass is 281 g/mol. The molecule has 3 rings (SSSR count). The van der Waals surface area contributed by atoms with Crippen molar-refractivity contribution in [3.63, 3.8) is 0 Å². The van der Waals surface area contributed by atoms with Crippen molar-refractivity contribution in [3.8, 4) is 0 Å². The van der Waals surface area contributed by atoms with Crippen molar-refractivity contribution in [2.45, 2.75) is 12.8 Å². The van der Waals surface area contributed by atoms with E-state index < -0.39 is 0 Å². The molecule has 0 radical (unpaired) electrons. The standard InChI is InChI=1S/C16H15N3O2/c1-19(13-6-8-17-9-7-13)16(21)12-2-4-14-11(10-12)3-5-15(20)18-14/h2,4,6-10H,3,5H2,1H3,(H,18,20). The molecule has 106 valence electrons. The van der Waals surface area contributed by atoms with Crippen molar-refractivity contribution in [3.05, 3.63) is 53.9 Å². The van der Waals surface area contributed by atoms with E-state index in [0.717, 1.165) is 16.9 Å². The number of aryl methyl sites for hydroxylation is 1. The third-order valence-electron chi connectivity index (χ3n) is 3.60. The van der Waals surface area contributed by atoms with Crippen LogP contribution in [0.25, 0.3) is 0 Å². The summed E-state index contributed by atoms with van der Waals surface area (Å²) in [6, 6.07) is 8.96. The maximum absolute atomic E-state index is 12.5. The maximum atomic E-state index is 12.5. The van der Waals surface area contributed by atoms with Gasteiger partial charge in [-0.3, -0.25) is 14.6 Å². The highest BCUT2D eigenvalue weighted by Crippen LogP contribution is 2.24. The van der Waals surface area contributed by atoms with Gasteiger partial charge in [-0.05, 0) is 42.3 Å². The number of amides is 2. The van der Waals surface area contributed by atoms with Gasteiger partial charge in [0.2, 0.25) is 5.91 Å². The van der Waals surface area contributed by atoms with Crippen LogP contribution >= 0.6 is 0 Å². The van der Waals surface area contributed by atoms with Gasteiger partial charge in [0.25, 0.3) is 5.91 Å². The van der Waals surface area contributed by atoms with E-state index in [1.54, 1.807) is 48.6 Å². The Kier molecular flexibility index (Phi) is 3.39. The number of rotatable bonds is 2. The molecule has 2 amide bonds. The van der Waals surface area contributed by atoms with E-state index in [-0.39, 0.29) is 11.8 Å². The average molecular weight is 281 g/mol. The summed E-state index contributed by atoms with van der Waals surface area (Å²) in [4.78, 5) is 29.4. The summed E-state index contributed by atoms with van der Waals surface area (Å²) in [6.07, 6.45) is 4.44. The molecule has 0 unspecified atom stereocenters. The molecule has 1 N–H and O–H groups in total. The van der Waals surface area contributed by atoms with Crippen molar-refractivity contribution in [1.29, 1.82) is 0 Å². The number of nitrogens with one attached hydrogen (secondary N) is 1. The normalized spacial score (nSPS) is 13.3. The molecule has 1 aromatic heterocycles. The Morgan fingerprint density at radius 3 is 2.71 bits per heavy atom. The van der Waals surface area contributed by atoms with Crippen molar-refractivity contribution in [2.75, 3.05) is 17.3 Å². The number of anilines is 2. The molecule has 0 saturated carbocycles. The van der Waals surface area contributed by atoms with Gasteiger partial charge in [-0.1, -0.05) is 0 Å². The highest BCUT2D eigenvalue weighted by molar-refractivity contribution is 6.06. The summed E-state index contributed by atoms with van der Waals surface area (Å²) in [5, 5.41) is 2.81. The topological polar surface area (TPSA) is 62.3 Å². The second-order valence-corrected chi connectivity index (χ2v) is 4.99. The second kappa shape index (κ2) is 5.36. The van der Waals surface area contributed by atoms with E-state index in [2.05, 4.69) is 10.3 Å². The summed E-state index contributed by atoms with van der Waals surface area (Å²) >= 11 is 0. The fourth-order valence-corrected chi connectivity index (χ4v) is 2.39. The van der Waals surface area contributed by atoms with Gasteiger partial charge in [0, 0.05) is 42.8 Å². The number of fused-ring (bicyclic) bond motifs is 1. The van der Waals surface area contributed by atoms with Crippen LogP contribution in [0.3, 0.4) is 0 Å². The maximum Gasteiger partial charge on any atom is 0.258 e. The molecule has 5 nitrogen and oxygen atoms in total. The summed E-state index contributed by atoms with van der Waals surface area (Å²) in [5.74, 6) is -0.0589. The first-order valence-corrected chi connectivity index (χ1v) is 6.76. The quantitative estimate of drug-likeness (QED) is 0.918. The molecule has 0 saturated heterocycles. The molecule has 0 spiro atoms. The number of pyridine rings is 1. The highest BCUT2D eigenvalue weighted by Gasteiger charge is 2.18. The van der Waals surface area contributed by atoms with Gasteiger partial charge in [-0.15, -0.1) is 0 Å². The number of benzene rings is 1. The Morgan fingerprint density at radius 1 is 1.19 bits per heavy atom. The minimum atomic E-state index is -0.0825. The fraction of sp³-hybridized carbons (Fsp3) is 0.188. The van der Waals surface area contributed by atoms with Gasteiger partial charge >= 0.3 is 0 Å². The largest absolute Gasteiger partial charge is 0.326 e. The number of carbonyl (C=O) groups excluding carboxylic acids is 2. The molecule has 2 aromatic rings. The zero-order valence-corrected chi connectivity index (χ0v) is 11.7. The number of hydrogen-bond acceptors (Lipinski definition) is 3. The van der Waals surface area contributed by atoms with Crippen LogP contribution in [0, 0.1) is 0 Å². The lowest BCUT2D eigenvalue weighted by atomic mass is 10.00. The molecule has 2 heterocycles. The predicted molar refractivity (Wildman–Crippen MR) is 80.4 cm³/mol. The molecule has 1 aromatic carbocycles. The van der Waals surface area contributed by atoms with Crippen molar-refractivity contribution in [1.82, 2.24) is 4.98 Å². The lowest BCUT2D eigenvalue weighted by Gasteiger charge is -2.20. The lowest BCUT2D eigenvalue weighted by molar-refractivity contribution is -0.116. The highest BCUT2D eigenvalue weighted by atomic mass is 16.2. The molecule has 0 bridgehead atoms. The molecule has 1 aliphatic rings. The minimum Gasteiger partial charge on any atom is -0.326 e. The van der Waals surface area contributed by atoms with Crippen LogP contribution in [-0.4, -0.2) is 23.8 Å². The first-order chi connectivity index (χ1) is 10.1. The van der Waals surface area contributed by atoms with E-state index >= 15 is 0 Å². The first-order valence-electron chi connectivity index (χ1n) is 6.76. The van der Waals surface area contributed by atoms with Gasteiger partial charge in [-0.25, -0.2) is 0 Å². The van der Waals surface area contributed by atoms with Crippen molar-refractivity contribution >= 4 is 23.2 Å². The molecular weight excluding hydrogens is 266 g/mol. The van der Waals surface area contributed by atoms with E-state index in [0.29, 0.717) is 18.4 Å². The van der Waals surface area contributed by atoms with Gasteiger partial charge < -0.3 is 10.2 Å². The Morgan fingerprint density at radius 2 is 1.95 bits per heavy atom. The smallest absolute Gasteiger partial charge is 0.258 e. The van der Waals surface area contributed by atoms with Crippen LogP contribution in [-0.2, 0) is 11.2 Å². The van der Waals surface area contributed by atoms with Crippen LogP contribution in [0.5, 0.6) is 0 Å². The average Bonchev–Trinajstić information content (AvgIpc) is 2.53. The Bertz CT molecular complexity index is 698. The number of carbonyl (C=O) groups is 2. The van der Waals surface area contributed by atoms with Crippen LogP contribution in [0.2, 0.25) is 0 Å². The van der Waals surface area contributed by atoms with E-state index in [1.807, 2.05) is 6.07 Å². The Labute approximate surface area is 122 Å². The van der Waals surface area contributed by atoms with Gasteiger partial charge in [0.1, 0.15) is 0 Å². The molecule has 0 aliphatic carbocycles. The van der Waals surface area contributed by atoms with Crippen LogP contribution in [0.4, 0.5) is 11.4 Å². The molecule has 5 heteroatoms. The zero-order valence-electron chi connectivity index (χ0n) is 11.7. The Hall–Kier alpha value is -2.69. The first kappa shape index (κ1) is 13.3. The third kappa shape index (κ3) is 2.63. The molecular formula is C16H15N3O2. The van der Waals surface area contributed by atoms with Gasteiger partial charge in [0.15, 0.2) is 0 Å². The van der Waals surface area contributed by atoms with Gasteiger partial charge in [0.05, 0.1) is 0 Å². The van der Waals surface area contributed by atoms with E-state index in [1.165, 1.54) is 0 Å². The predicted octanol–water partition coefficient (Wildman–Crippen LogP) is 2.24. The molecule has 0 atom stereocenters. The summed E-state index contributed by atoms with van der Waals surface area (Å²) < 4.78 is 0. The van der Waals surface area contributed by atoms with Crippen LogP contribution in [0.15, 0.2) is 42.7 Å². The molecule has 1 aliphatic heterocycles. The summed E-state index contributed by atoms with van der Waals surface area (Å²) in [6.45, 7) is 0. The van der Waals surface area contributed by atoms with Crippen molar-refractivity contribution < 1.29 is 9.59 Å². The molecule has 0 fully saturated rings. The number of nitrogens with zero attached hydrogens (tertiary/aromatic N) is 2. The zero-order chi connectivity index (χ0) is 14.8. The minimum absolute atomic E-state index is 0.0236.